The maximum absolute atomic E-state index is 13.3. The van der Waals surface area contributed by atoms with Gasteiger partial charge in [0.25, 0.3) is 5.56 Å². The number of hydrogen-bond donors (Lipinski definition) is 1. The minimum absolute atomic E-state index is 0.0285. The minimum atomic E-state index is -0.280. The van der Waals surface area contributed by atoms with E-state index >= 15 is 0 Å². The Hall–Kier alpha value is -3.45. The molecule has 0 unspecified atom stereocenters. The van der Waals surface area contributed by atoms with Gasteiger partial charge in [-0.2, -0.15) is 0 Å². The number of nitrogens with zero attached hydrogens (tertiary/aromatic N) is 2. The molecule has 4 aromatic rings. The summed E-state index contributed by atoms with van der Waals surface area (Å²) < 4.78 is 3.66. The predicted molar refractivity (Wildman–Crippen MR) is 139 cm³/mol. The molecule has 0 saturated heterocycles. The summed E-state index contributed by atoms with van der Waals surface area (Å²) in [5.74, 6) is -0.0285. The highest BCUT2D eigenvalue weighted by molar-refractivity contribution is 7.17. The molecular formula is C27H29N3O3S. The monoisotopic (exact) mass is 475 g/mol. The number of carbonyl (C=O) groups is 1. The molecule has 4 rings (SSSR count). The number of amides is 1. The number of aromatic nitrogens is 2. The quantitative estimate of drug-likeness (QED) is 0.343. The Balaban J connectivity index is 1.44. The van der Waals surface area contributed by atoms with Crippen LogP contribution in [-0.4, -0.2) is 15.0 Å². The topological polar surface area (TPSA) is 73.1 Å². The molecule has 0 bridgehead atoms. The molecule has 1 amide bonds. The third-order valence-electron chi connectivity index (χ3n) is 6.01. The zero-order chi connectivity index (χ0) is 24.1. The first-order chi connectivity index (χ1) is 16.4. The second kappa shape index (κ2) is 10.7. The van der Waals surface area contributed by atoms with Crippen molar-refractivity contribution in [1.29, 1.82) is 0 Å². The SMILES string of the molecule is Cc1ccc(Cn2c(=O)n(CCCCCC(=O)Nc3ccccc3)c(=O)c3sccc32)c(C)c1. The Labute approximate surface area is 202 Å². The summed E-state index contributed by atoms with van der Waals surface area (Å²) in [6.07, 6.45) is 2.53. The van der Waals surface area contributed by atoms with Crippen LogP contribution in [0, 0.1) is 13.8 Å². The van der Waals surface area contributed by atoms with Gasteiger partial charge in [-0.15, -0.1) is 11.3 Å². The number of hydrogen-bond acceptors (Lipinski definition) is 4. The van der Waals surface area contributed by atoms with Crippen LogP contribution in [-0.2, 0) is 17.9 Å². The first-order valence-electron chi connectivity index (χ1n) is 11.6. The third-order valence-corrected chi connectivity index (χ3v) is 6.90. The molecule has 34 heavy (non-hydrogen) atoms. The van der Waals surface area contributed by atoms with Gasteiger partial charge in [-0.25, -0.2) is 4.79 Å². The Morgan fingerprint density at radius 3 is 2.50 bits per heavy atom. The Morgan fingerprint density at radius 2 is 1.74 bits per heavy atom. The van der Waals surface area contributed by atoms with Crippen LogP contribution >= 0.6 is 11.3 Å². The van der Waals surface area contributed by atoms with Gasteiger partial charge < -0.3 is 5.32 Å². The van der Waals surface area contributed by atoms with Gasteiger partial charge in [0, 0.05) is 18.7 Å². The Kier molecular flexibility index (Phi) is 7.43. The van der Waals surface area contributed by atoms with E-state index in [0.29, 0.717) is 42.6 Å². The molecular weight excluding hydrogens is 446 g/mol. The van der Waals surface area contributed by atoms with E-state index in [1.54, 1.807) is 4.57 Å². The molecule has 2 aromatic carbocycles. The van der Waals surface area contributed by atoms with Gasteiger partial charge in [-0.05, 0) is 61.4 Å². The maximum atomic E-state index is 13.3. The normalized spacial score (nSPS) is 11.1. The highest BCUT2D eigenvalue weighted by Gasteiger charge is 2.15. The van der Waals surface area contributed by atoms with E-state index in [1.807, 2.05) is 67.8 Å². The molecule has 0 aliphatic carbocycles. The number of unbranched alkanes of at least 4 members (excludes halogenated alkanes) is 2. The van der Waals surface area contributed by atoms with Gasteiger partial charge >= 0.3 is 5.69 Å². The van der Waals surface area contributed by atoms with Crippen LogP contribution in [0.1, 0.15) is 42.4 Å². The van der Waals surface area contributed by atoms with Gasteiger partial charge in [-0.1, -0.05) is 48.4 Å². The number of thiophene rings is 1. The van der Waals surface area contributed by atoms with Crippen molar-refractivity contribution < 1.29 is 4.79 Å². The number of carbonyl (C=O) groups excluding carboxylic acids is 1. The van der Waals surface area contributed by atoms with Crippen LogP contribution < -0.4 is 16.6 Å². The van der Waals surface area contributed by atoms with Crippen LogP contribution in [0.5, 0.6) is 0 Å². The van der Waals surface area contributed by atoms with Crippen molar-refractivity contribution in [1.82, 2.24) is 9.13 Å². The number of nitrogens with one attached hydrogen (secondary N) is 1. The van der Waals surface area contributed by atoms with Gasteiger partial charge in [0.05, 0.1) is 12.1 Å². The van der Waals surface area contributed by atoms with Crippen LogP contribution in [0.4, 0.5) is 5.69 Å². The molecule has 0 atom stereocenters. The number of benzene rings is 2. The van der Waals surface area contributed by atoms with E-state index in [-0.39, 0.29) is 17.2 Å². The minimum Gasteiger partial charge on any atom is -0.326 e. The largest absolute Gasteiger partial charge is 0.331 e. The average Bonchev–Trinajstić information content (AvgIpc) is 3.30. The standard InChI is InChI=1S/C27H29N3O3S/c1-19-12-13-21(20(2)17-19)18-30-23-14-16-34-25(23)26(32)29(27(30)33)15-8-4-7-11-24(31)28-22-9-5-3-6-10-22/h3,5-6,9-10,12-14,16-17H,4,7-8,11,15,18H2,1-2H3,(H,28,31). The Bertz CT molecular complexity index is 1420. The fraction of sp³-hybridized carbons (Fsp3) is 0.296. The molecule has 0 fully saturated rings. The molecule has 2 heterocycles. The summed E-state index contributed by atoms with van der Waals surface area (Å²) in [7, 11) is 0. The third kappa shape index (κ3) is 5.37. The summed E-state index contributed by atoms with van der Waals surface area (Å²) in [5.41, 5.74) is 4.33. The number of aryl methyl sites for hydroxylation is 2. The molecule has 0 spiro atoms. The van der Waals surface area contributed by atoms with E-state index in [9.17, 15) is 14.4 Å². The molecule has 0 aliphatic rings. The lowest BCUT2D eigenvalue weighted by atomic mass is 10.1. The molecule has 2 aromatic heterocycles. The van der Waals surface area contributed by atoms with Gasteiger partial charge in [0.15, 0.2) is 0 Å². The van der Waals surface area contributed by atoms with E-state index in [0.717, 1.165) is 23.2 Å². The lowest BCUT2D eigenvalue weighted by molar-refractivity contribution is -0.116. The molecule has 176 valence electrons. The van der Waals surface area contributed by atoms with Crippen LogP contribution in [0.3, 0.4) is 0 Å². The van der Waals surface area contributed by atoms with Gasteiger partial charge in [-0.3, -0.25) is 18.7 Å². The molecule has 0 aliphatic heterocycles. The predicted octanol–water partition coefficient (Wildman–Crippen LogP) is 5.09. The summed E-state index contributed by atoms with van der Waals surface area (Å²) in [4.78, 5) is 38.4. The first kappa shape index (κ1) is 23.7. The van der Waals surface area contributed by atoms with Crippen molar-refractivity contribution in [2.24, 2.45) is 0 Å². The van der Waals surface area contributed by atoms with E-state index in [1.165, 1.54) is 21.5 Å². The van der Waals surface area contributed by atoms with Gasteiger partial charge in [0.2, 0.25) is 5.91 Å². The molecule has 7 heteroatoms. The van der Waals surface area contributed by atoms with Crippen LogP contribution in [0.25, 0.3) is 10.2 Å². The van der Waals surface area contributed by atoms with Gasteiger partial charge in [0.1, 0.15) is 4.70 Å². The van der Waals surface area contributed by atoms with Crippen LogP contribution in [0.15, 0.2) is 69.6 Å². The van der Waals surface area contributed by atoms with Crippen molar-refractivity contribution in [3.63, 3.8) is 0 Å². The number of anilines is 1. The maximum Gasteiger partial charge on any atom is 0.331 e. The Morgan fingerprint density at radius 1 is 0.941 bits per heavy atom. The summed E-state index contributed by atoms with van der Waals surface area (Å²) in [5, 5.41) is 4.74. The lowest BCUT2D eigenvalue weighted by Gasteiger charge is -2.14. The zero-order valence-electron chi connectivity index (χ0n) is 19.5. The highest BCUT2D eigenvalue weighted by Crippen LogP contribution is 2.18. The fourth-order valence-electron chi connectivity index (χ4n) is 4.15. The fourth-order valence-corrected chi connectivity index (χ4v) is 5.00. The number of rotatable bonds is 9. The zero-order valence-corrected chi connectivity index (χ0v) is 20.4. The van der Waals surface area contributed by atoms with Crippen molar-refractivity contribution in [2.75, 3.05) is 5.32 Å². The first-order valence-corrected chi connectivity index (χ1v) is 12.4. The molecule has 6 nitrogen and oxygen atoms in total. The summed E-state index contributed by atoms with van der Waals surface area (Å²) in [6, 6.07) is 17.4. The molecule has 1 N–H and O–H groups in total. The second-order valence-electron chi connectivity index (χ2n) is 8.62. The van der Waals surface area contributed by atoms with Crippen molar-refractivity contribution in [3.05, 3.63) is 97.5 Å². The van der Waals surface area contributed by atoms with Crippen LogP contribution in [0.2, 0.25) is 0 Å². The van der Waals surface area contributed by atoms with E-state index < -0.39 is 0 Å². The van der Waals surface area contributed by atoms with Crippen molar-refractivity contribution in [3.8, 4) is 0 Å². The smallest absolute Gasteiger partial charge is 0.326 e. The number of para-hydroxylation sites is 1. The van der Waals surface area contributed by atoms with Crippen molar-refractivity contribution >= 4 is 33.1 Å². The van der Waals surface area contributed by atoms with Crippen molar-refractivity contribution in [2.45, 2.75) is 52.6 Å². The molecule has 0 saturated carbocycles. The lowest BCUT2D eigenvalue weighted by Crippen LogP contribution is -2.39. The van der Waals surface area contributed by atoms with E-state index in [2.05, 4.69) is 11.4 Å². The summed E-state index contributed by atoms with van der Waals surface area (Å²) in [6.45, 7) is 4.87. The second-order valence-corrected chi connectivity index (χ2v) is 9.53. The highest BCUT2D eigenvalue weighted by atomic mass is 32.1. The van der Waals surface area contributed by atoms with E-state index in [4.69, 9.17) is 0 Å². The average molecular weight is 476 g/mol. The summed E-state index contributed by atoms with van der Waals surface area (Å²) >= 11 is 1.37. The molecule has 0 radical (unpaired) electrons. The number of fused-ring (bicyclic) bond motifs is 1.